The molecule has 98 valence electrons. The van der Waals surface area contributed by atoms with Gasteiger partial charge in [-0.05, 0) is 55.7 Å². The molecule has 0 spiro atoms. The van der Waals surface area contributed by atoms with Crippen LogP contribution in [-0.2, 0) is 0 Å². The maximum atomic E-state index is 13.5. The molecule has 0 amide bonds. The van der Waals surface area contributed by atoms with Gasteiger partial charge in [0.25, 0.3) is 0 Å². The smallest absolute Gasteiger partial charge is 0.130 e. The van der Waals surface area contributed by atoms with E-state index in [9.17, 15) is 8.78 Å². The van der Waals surface area contributed by atoms with Crippen LogP contribution in [-0.4, -0.2) is 0 Å². The van der Waals surface area contributed by atoms with Crippen LogP contribution in [0.5, 0.6) is 0 Å². The highest BCUT2D eigenvalue weighted by atomic mass is 19.1. The number of halogens is 2. The summed E-state index contributed by atoms with van der Waals surface area (Å²) >= 11 is 0. The summed E-state index contributed by atoms with van der Waals surface area (Å²) in [6.45, 7) is 4.51. The first-order valence-corrected chi connectivity index (χ1v) is 6.70. The number of benzene rings is 1. The monoisotopic (exact) mass is 250 g/mol. The summed E-state index contributed by atoms with van der Waals surface area (Å²) in [5.74, 6) is 0.783. The summed E-state index contributed by atoms with van der Waals surface area (Å²) in [6, 6.07) is 3.63. The Bertz CT molecular complexity index is 436. The molecule has 1 fully saturated rings. The highest BCUT2D eigenvalue weighted by Gasteiger charge is 2.19. The maximum absolute atomic E-state index is 13.5. The van der Waals surface area contributed by atoms with Gasteiger partial charge in [-0.15, -0.1) is 0 Å². The van der Waals surface area contributed by atoms with E-state index in [4.69, 9.17) is 0 Å². The van der Waals surface area contributed by atoms with Gasteiger partial charge in [0.05, 0.1) is 0 Å². The zero-order valence-corrected chi connectivity index (χ0v) is 11.0. The normalized spacial score (nSPS) is 20.3. The van der Waals surface area contributed by atoms with Crippen LogP contribution in [0.2, 0.25) is 0 Å². The lowest BCUT2D eigenvalue weighted by molar-refractivity contribution is 0.312. The van der Waals surface area contributed by atoms with Crippen molar-refractivity contribution in [2.75, 3.05) is 0 Å². The first kappa shape index (κ1) is 13.3. The fourth-order valence-electron chi connectivity index (χ4n) is 2.67. The van der Waals surface area contributed by atoms with Gasteiger partial charge in [-0.1, -0.05) is 25.5 Å². The van der Waals surface area contributed by atoms with E-state index in [2.05, 4.69) is 13.8 Å². The maximum Gasteiger partial charge on any atom is 0.130 e. The Morgan fingerprint density at radius 1 is 1.17 bits per heavy atom. The quantitative estimate of drug-likeness (QED) is 0.677. The van der Waals surface area contributed by atoms with Crippen molar-refractivity contribution < 1.29 is 8.78 Å². The fourth-order valence-corrected chi connectivity index (χ4v) is 2.67. The van der Waals surface area contributed by atoms with Gasteiger partial charge < -0.3 is 0 Å². The topological polar surface area (TPSA) is 0 Å². The second-order valence-electron chi connectivity index (χ2n) is 5.55. The van der Waals surface area contributed by atoms with E-state index >= 15 is 0 Å². The number of hydrogen-bond donors (Lipinski definition) is 0. The summed E-state index contributed by atoms with van der Waals surface area (Å²) in [4.78, 5) is 0. The van der Waals surface area contributed by atoms with Gasteiger partial charge in [-0.3, -0.25) is 0 Å². The predicted octanol–water partition coefficient (Wildman–Crippen LogP) is 5.19. The van der Waals surface area contributed by atoms with Gasteiger partial charge in [-0.2, -0.15) is 0 Å². The number of allylic oxidation sites excluding steroid dienone is 1. The third kappa shape index (κ3) is 3.18. The molecule has 1 aliphatic carbocycles. The molecule has 2 rings (SSSR count). The fraction of sp³-hybridized carbons (Fsp3) is 0.500. The molecule has 18 heavy (non-hydrogen) atoms. The van der Waals surface area contributed by atoms with E-state index in [1.165, 1.54) is 30.5 Å². The van der Waals surface area contributed by atoms with Crippen molar-refractivity contribution in [2.45, 2.75) is 39.5 Å². The Labute approximate surface area is 108 Å². The standard InChI is InChI=1S/C16H20F2/c1-11(2)13-5-3-12(4-6-13)9-14-10-15(17)7-8-16(14)18/h7-11,13H,3-6H2,1-2H3. The Morgan fingerprint density at radius 2 is 1.83 bits per heavy atom. The highest BCUT2D eigenvalue weighted by Crippen LogP contribution is 2.33. The summed E-state index contributed by atoms with van der Waals surface area (Å²) in [5, 5.41) is 0. The van der Waals surface area contributed by atoms with Crippen LogP contribution in [0.25, 0.3) is 6.08 Å². The summed E-state index contributed by atoms with van der Waals surface area (Å²) in [6.07, 6.45) is 6.19. The van der Waals surface area contributed by atoms with Crippen LogP contribution in [0.3, 0.4) is 0 Å². The third-order valence-electron chi connectivity index (χ3n) is 3.93. The van der Waals surface area contributed by atoms with E-state index in [0.29, 0.717) is 5.56 Å². The molecule has 0 N–H and O–H groups in total. The minimum absolute atomic E-state index is 0.338. The first-order chi connectivity index (χ1) is 8.56. The van der Waals surface area contributed by atoms with Gasteiger partial charge in [0.1, 0.15) is 11.6 Å². The van der Waals surface area contributed by atoms with E-state index in [1.807, 2.05) is 6.08 Å². The van der Waals surface area contributed by atoms with E-state index < -0.39 is 0 Å². The molecule has 0 nitrogen and oxygen atoms in total. The third-order valence-corrected chi connectivity index (χ3v) is 3.93. The van der Waals surface area contributed by atoms with Gasteiger partial charge in [0.15, 0.2) is 0 Å². The SMILES string of the molecule is CC(C)C1CCC(=Cc2cc(F)ccc2F)CC1. The molecule has 1 aromatic carbocycles. The molecule has 0 aliphatic heterocycles. The molecule has 0 heterocycles. The van der Waals surface area contributed by atoms with Crippen LogP contribution in [0.4, 0.5) is 8.78 Å². The number of rotatable bonds is 2. The van der Waals surface area contributed by atoms with Crippen molar-refractivity contribution in [3.63, 3.8) is 0 Å². The van der Waals surface area contributed by atoms with Crippen molar-refractivity contribution in [3.8, 4) is 0 Å². The summed E-state index contributed by atoms with van der Waals surface area (Å²) < 4.78 is 26.6. The summed E-state index contributed by atoms with van der Waals surface area (Å²) in [5.41, 5.74) is 1.63. The van der Waals surface area contributed by atoms with E-state index in [0.717, 1.165) is 30.7 Å². The van der Waals surface area contributed by atoms with Gasteiger partial charge in [0.2, 0.25) is 0 Å². The zero-order valence-electron chi connectivity index (χ0n) is 11.0. The molecule has 0 radical (unpaired) electrons. The van der Waals surface area contributed by atoms with Crippen LogP contribution < -0.4 is 0 Å². The van der Waals surface area contributed by atoms with Crippen LogP contribution in [0, 0.1) is 23.5 Å². The Morgan fingerprint density at radius 3 is 2.44 bits per heavy atom. The molecule has 1 saturated carbocycles. The Balaban J connectivity index is 2.09. The number of hydrogen-bond acceptors (Lipinski definition) is 0. The molecule has 1 aliphatic rings. The van der Waals surface area contributed by atoms with Crippen molar-refractivity contribution >= 4 is 6.08 Å². The molecule has 1 aromatic rings. The second kappa shape index (κ2) is 5.64. The minimum atomic E-state index is -0.376. The lowest BCUT2D eigenvalue weighted by atomic mass is 9.79. The average Bonchev–Trinajstić information content (AvgIpc) is 2.34. The molecule has 0 saturated heterocycles. The van der Waals surface area contributed by atoms with E-state index in [1.54, 1.807) is 0 Å². The van der Waals surface area contributed by atoms with Gasteiger partial charge >= 0.3 is 0 Å². The predicted molar refractivity (Wildman–Crippen MR) is 71.1 cm³/mol. The van der Waals surface area contributed by atoms with Crippen molar-refractivity contribution in [1.29, 1.82) is 0 Å². The van der Waals surface area contributed by atoms with Crippen LogP contribution >= 0.6 is 0 Å². The lowest BCUT2D eigenvalue weighted by Crippen LogP contribution is -2.13. The Kier molecular flexibility index (Phi) is 4.15. The highest BCUT2D eigenvalue weighted by molar-refractivity contribution is 5.53. The molecular weight excluding hydrogens is 230 g/mol. The minimum Gasteiger partial charge on any atom is -0.207 e. The first-order valence-electron chi connectivity index (χ1n) is 6.70. The average molecular weight is 250 g/mol. The molecule has 0 aromatic heterocycles. The lowest BCUT2D eigenvalue weighted by Gasteiger charge is -2.27. The van der Waals surface area contributed by atoms with Crippen LogP contribution in [0.15, 0.2) is 23.8 Å². The van der Waals surface area contributed by atoms with Crippen molar-refractivity contribution in [1.82, 2.24) is 0 Å². The zero-order chi connectivity index (χ0) is 13.1. The van der Waals surface area contributed by atoms with Crippen molar-refractivity contribution in [2.24, 2.45) is 11.8 Å². The molecule has 0 unspecified atom stereocenters. The van der Waals surface area contributed by atoms with Crippen LogP contribution in [0.1, 0.15) is 45.1 Å². The van der Waals surface area contributed by atoms with Gasteiger partial charge in [0, 0.05) is 5.56 Å². The molecular formula is C16H20F2. The van der Waals surface area contributed by atoms with Crippen molar-refractivity contribution in [3.05, 3.63) is 41.0 Å². The Hall–Kier alpha value is -1.18. The molecule has 0 atom stereocenters. The second-order valence-corrected chi connectivity index (χ2v) is 5.55. The molecule has 2 heteroatoms. The van der Waals surface area contributed by atoms with Gasteiger partial charge in [-0.25, -0.2) is 8.78 Å². The van der Waals surface area contributed by atoms with E-state index in [-0.39, 0.29) is 11.6 Å². The molecule has 0 bridgehead atoms. The largest absolute Gasteiger partial charge is 0.207 e. The summed E-state index contributed by atoms with van der Waals surface area (Å²) in [7, 11) is 0.